The van der Waals surface area contributed by atoms with Crippen molar-refractivity contribution >= 4 is 5.69 Å². The van der Waals surface area contributed by atoms with Gasteiger partial charge in [-0.1, -0.05) is 18.2 Å². The van der Waals surface area contributed by atoms with E-state index in [1.54, 1.807) is 0 Å². The van der Waals surface area contributed by atoms with Gasteiger partial charge in [0.15, 0.2) is 0 Å². The van der Waals surface area contributed by atoms with E-state index in [0.717, 1.165) is 25.2 Å². The molecule has 1 aromatic carbocycles. The Kier molecular flexibility index (Phi) is 4.31. The number of anilines is 1. The predicted molar refractivity (Wildman–Crippen MR) is 75.1 cm³/mol. The first kappa shape index (κ1) is 12.6. The van der Waals surface area contributed by atoms with Crippen LogP contribution in [-0.4, -0.2) is 23.5 Å². The fourth-order valence-electron chi connectivity index (χ4n) is 1.95. The third kappa shape index (κ3) is 3.57. The predicted octanol–water partition coefficient (Wildman–Crippen LogP) is 2.34. The summed E-state index contributed by atoms with van der Waals surface area (Å²) >= 11 is 0. The molecule has 18 heavy (non-hydrogen) atoms. The smallest absolute Gasteiger partial charge is 0.0347 e. The number of hydrogen-bond acceptors (Lipinski definition) is 3. The van der Waals surface area contributed by atoms with Crippen LogP contribution in [0.25, 0.3) is 0 Å². The molecule has 0 fully saturated rings. The van der Waals surface area contributed by atoms with Crippen molar-refractivity contribution in [2.45, 2.75) is 13.0 Å². The highest BCUT2D eigenvalue weighted by atomic mass is 15.1. The second-order valence-electron chi connectivity index (χ2n) is 4.54. The molecule has 1 heterocycles. The van der Waals surface area contributed by atoms with Crippen LogP contribution in [0.1, 0.15) is 11.1 Å². The molecule has 3 heteroatoms. The molecular formula is C15H19N3. The molecule has 1 aromatic heterocycles. The van der Waals surface area contributed by atoms with Gasteiger partial charge in [0.25, 0.3) is 0 Å². The van der Waals surface area contributed by atoms with Crippen molar-refractivity contribution < 1.29 is 0 Å². The molecule has 2 N–H and O–H groups in total. The quantitative estimate of drug-likeness (QED) is 0.817. The molecule has 0 aliphatic heterocycles. The Morgan fingerprint density at radius 2 is 1.83 bits per heavy atom. The van der Waals surface area contributed by atoms with Crippen molar-refractivity contribution in [1.82, 2.24) is 9.88 Å². The summed E-state index contributed by atoms with van der Waals surface area (Å²) in [5.74, 6) is 0. The topological polar surface area (TPSA) is 42.1 Å². The van der Waals surface area contributed by atoms with Gasteiger partial charge >= 0.3 is 0 Å². The van der Waals surface area contributed by atoms with Gasteiger partial charge in [-0.3, -0.25) is 4.98 Å². The molecule has 0 saturated heterocycles. The van der Waals surface area contributed by atoms with E-state index in [-0.39, 0.29) is 0 Å². The molecule has 0 bridgehead atoms. The normalized spacial score (nSPS) is 10.8. The second-order valence-corrected chi connectivity index (χ2v) is 4.54. The van der Waals surface area contributed by atoms with Crippen LogP contribution in [0.4, 0.5) is 5.69 Å². The van der Waals surface area contributed by atoms with E-state index in [2.05, 4.69) is 23.0 Å². The molecule has 0 saturated carbocycles. The standard InChI is InChI=1S/C15H19N3/c1-18(12-13-6-9-17-10-7-13)11-8-14-4-2-3-5-15(14)16/h2-7,9-10H,8,11-12,16H2,1H3. The maximum absolute atomic E-state index is 5.93. The number of pyridine rings is 1. The molecule has 3 nitrogen and oxygen atoms in total. The fourth-order valence-corrected chi connectivity index (χ4v) is 1.95. The Balaban J connectivity index is 1.86. The van der Waals surface area contributed by atoms with Crippen molar-refractivity contribution in [3.05, 3.63) is 59.9 Å². The minimum absolute atomic E-state index is 0.884. The Morgan fingerprint density at radius 1 is 1.11 bits per heavy atom. The van der Waals surface area contributed by atoms with E-state index < -0.39 is 0 Å². The monoisotopic (exact) mass is 241 g/mol. The lowest BCUT2D eigenvalue weighted by Crippen LogP contribution is -2.21. The van der Waals surface area contributed by atoms with E-state index in [1.165, 1.54) is 11.1 Å². The van der Waals surface area contributed by atoms with Crippen LogP contribution in [0.3, 0.4) is 0 Å². The highest BCUT2D eigenvalue weighted by Crippen LogP contribution is 2.12. The first-order valence-electron chi connectivity index (χ1n) is 6.16. The van der Waals surface area contributed by atoms with Crippen LogP contribution in [0.2, 0.25) is 0 Å². The molecule has 2 aromatic rings. The molecule has 0 unspecified atom stereocenters. The lowest BCUT2D eigenvalue weighted by Gasteiger charge is -2.17. The van der Waals surface area contributed by atoms with Gasteiger partial charge in [0.1, 0.15) is 0 Å². The maximum Gasteiger partial charge on any atom is 0.0347 e. The third-order valence-corrected chi connectivity index (χ3v) is 3.02. The highest BCUT2D eigenvalue weighted by Gasteiger charge is 2.02. The molecule has 0 aliphatic rings. The molecule has 2 rings (SSSR count). The largest absolute Gasteiger partial charge is 0.399 e. The molecule has 0 radical (unpaired) electrons. The van der Waals surface area contributed by atoms with Gasteiger partial charge in [0, 0.05) is 31.2 Å². The molecular weight excluding hydrogens is 222 g/mol. The van der Waals surface area contributed by atoms with Crippen molar-refractivity contribution in [2.75, 3.05) is 19.3 Å². The number of para-hydroxylation sites is 1. The summed E-state index contributed by atoms with van der Waals surface area (Å²) in [6, 6.07) is 12.2. The van der Waals surface area contributed by atoms with Crippen molar-refractivity contribution in [1.29, 1.82) is 0 Å². The van der Waals surface area contributed by atoms with E-state index in [0.29, 0.717) is 0 Å². The van der Waals surface area contributed by atoms with Crippen molar-refractivity contribution in [2.24, 2.45) is 0 Å². The zero-order chi connectivity index (χ0) is 12.8. The number of nitrogen functional groups attached to an aromatic ring is 1. The Hall–Kier alpha value is -1.87. The number of rotatable bonds is 5. The Labute approximate surface area is 108 Å². The molecule has 0 amide bonds. The zero-order valence-electron chi connectivity index (χ0n) is 10.7. The van der Waals surface area contributed by atoms with Crippen LogP contribution in [0, 0.1) is 0 Å². The summed E-state index contributed by atoms with van der Waals surface area (Å²) < 4.78 is 0. The van der Waals surface area contributed by atoms with Crippen LogP contribution in [-0.2, 0) is 13.0 Å². The second kappa shape index (κ2) is 6.17. The van der Waals surface area contributed by atoms with Crippen LogP contribution in [0.5, 0.6) is 0 Å². The van der Waals surface area contributed by atoms with Gasteiger partial charge < -0.3 is 10.6 Å². The summed E-state index contributed by atoms with van der Waals surface area (Å²) in [7, 11) is 2.12. The fraction of sp³-hybridized carbons (Fsp3) is 0.267. The number of nitrogens with zero attached hydrogens (tertiary/aromatic N) is 2. The number of aromatic nitrogens is 1. The average Bonchev–Trinajstić information content (AvgIpc) is 2.39. The van der Waals surface area contributed by atoms with E-state index in [9.17, 15) is 0 Å². The first-order valence-corrected chi connectivity index (χ1v) is 6.16. The van der Waals surface area contributed by atoms with E-state index >= 15 is 0 Å². The minimum Gasteiger partial charge on any atom is -0.399 e. The number of benzene rings is 1. The maximum atomic E-state index is 5.93. The number of likely N-dealkylation sites (N-methyl/N-ethyl adjacent to an activating group) is 1. The lowest BCUT2D eigenvalue weighted by atomic mass is 10.1. The van der Waals surface area contributed by atoms with Crippen molar-refractivity contribution in [3.8, 4) is 0 Å². The third-order valence-electron chi connectivity index (χ3n) is 3.02. The minimum atomic E-state index is 0.884. The SMILES string of the molecule is CN(CCc1ccccc1N)Cc1ccncc1. The average molecular weight is 241 g/mol. The molecule has 0 atom stereocenters. The Bertz CT molecular complexity index is 482. The van der Waals surface area contributed by atoms with Gasteiger partial charge in [0.05, 0.1) is 0 Å². The van der Waals surface area contributed by atoms with Crippen LogP contribution < -0.4 is 5.73 Å². The number of nitrogens with two attached hydrogens (primary N) is 1. The number of hydrogen-bond donors (Lipinski definition) is 1. The summed E-state index contributed by atoms with van der Waals surface area (Å²) in [6.07, 6.45) is 4.64. The lowest BCUT2D eigenvalue weighted by molar-refractivity contribution is 0.331. The Morgan fingerprint density at radius 3 is 2.56 bits per heavy atom. The van der Waals surface area contributed by atoms with E-state index in [4.69, 9.17) is 5.73 Å². The van der Waals surface area contributed by atoms with E-state index in [1.807, 2.05) is 42.7 Å². The summed E-state index contributed by atoms with van der Waals surface area (Å²) in [5.41, 5.74) is 9.32. The molecule has 94 valence electrons. The summed E-state index contributed by atoms with van der Waals surface area (Å²) in [6.45, 7) is 1.94. The molecule has 0 spiro atoms. The van der Waals surface area contributed by atoms with Gasteiger partial charge in [-0.2, -0.15) is 0 Å². The summed E-state index contributed by atoms with van der Waals surface area (Å²) in [4.78, 5) is 6.32. The van der Waals surface area contributed by atoms with Gasteiger partial charge in [-0.15, -0.1) is 0 Å². The molecule has 0 aliphatic carbocycles. The summed E-state index contributed by atoms with van der Waals surface area (Å²) in [5, 5.41) is 0. The van der Waals surface area contributed by atoms with Crippen LogP contribution >= 0.6 is 0 Å². The highest BCUT2D eigenvalue weighted by molar-refractivity contribution is 5.46. The zero-order valence-corrected chi connectivity index (χ0v) is 10.7. The first-order chi connectivity index (χ1) is 8.75. The van der Waals surface area contributed by atoms with Gasteiger partial charge in [-0.05, 0) is 42.8 Å². The van der Waals surface area contributed by atoms with Gasteiger partial charge in [0.2, 0.25) is 0 Å². The van der Waals surface area contributed by atoms with Crippen LogP contribution in [0.15, 0.2) is 48.8 Å². The van der Waals surface area contributed by atoms with Crippen molar-refractivity contribution in [3.63, 3.8) is 0 Å². The van der Waals surface area contributed by atoms with Gasteiger partial charge in [-0.25, -0.2) is 0 Å².